The number of hydrogen-bond donors (Lipinski definition) is 1. The van der Waals surface area contributed by atoms with Gasteiger partial charge in [0.2, 0.25) is 5.82 Å². The summed E-state index contributed by atoms with van der Waals surface area (Å²) in [5.41, 5.74) is 1.39. The molecule has 6 heteroatoms. The highest BCUT2D eigenvalue weighted by atomic mass is 32.1. The molecule has 0 atom stereocenters. The van der Waals surface area contributed by atoms with Gasteiger partial charge in [-0.1, -0.05) is 6.07 Å². The minimum absolute atomic E-state index is 0.192. The number of rotatable bonds is 1. The number of aromatic nitrogens is 1. The number of aryl methyl sites for hydroxylation is 1. The summed E-state index contributed by atoms with van der Waals surface area (Å²) in [6.45, 7) is 1.89. The quantitative estimate of drug-likeness (QED) is 0.675. The molecule has 0 aliphatic rings. The molecule has 0 amide bonds. The number of benzene rings is 2. The highest BCUT2D eigenvalue weighted by Gasteiger charge is 2.21. The summed E-state index contributed by atoms with van der Waals surface area (Å²) in [7, 11) is 0. The van der Waals surface area contributed by atoms with Gasteiger partial charge in [0.05, 0.1) is 15.8 Å². The van der Waals surface area contributed by atoms with Crippen LogP contribution in [-0.2, 0) is 0 Å². The topological polar surface area (TPSA) is 33.1 Å². The Kier molecular flexibility index (Phi) is 2.90. The first-order valence-electron chi connectivity index (χ1n) is 5.71. The van der Waals surface area contributed by atoms with E-state index in [1.807, 2.05) is 25.1 Å². The van der Waals surface area contributed by atoms with Crippen LogP contribution in [0.3, 0.4) is 0 Å². The number of aromatic hydroxyl groups is 1. The highest BCUT2D eigenvalue weighted by Crippen LogP contribution is 2.36. The van der Waals surface area contributed by atoms with Crippen molar-refractivity contribution >= 4 is 21.6 Å². The summed E-state index contributed by atoms with van der Waals surface area (Å²) in [5.74, 6) is -5.44. The zero-order valence-electron chi connectivity index (χ0n) is 10.2. The maximum absolute atomic E-state index is 13.8. The molecule has 0 radical (unpaired) electrons. The zero-order valence-corrected chi connectivity index (χ0v) is 11.1. The smallest absolute Gasteiger partial charge is 0.203 e. The molecule has 0 aliphatic heterocycles. The normalized spacial score (nSPS) is 11.2. The lowest BCUT2D eigenvalue weighted by Gasteiger charge is -2.03. The van der Waals surface area contributed by atoms with Gasteiger partial charge in [0.1, 0.15) is 5.01 Å². The first-order chi connectivity index (χ1) is 9.47. The van der Waals surface area contributed by atoms with E-state index in [-0.39, 0.29) is 10.6 Å². The van der Waals surface area contributed by atoms with Crippen molar-refractivity contribution in [3.05, 3.63) is 47.3 Å². The minimum atomic E-state index is -1.59. The molecule has 1 N–H and O–H groups in total. The molecular weight excluding hydrogens is 287 g/mol. The maximum atomic E-state index is 13.8. The molecule has 1 aromatic heterocycles. The SMILES string of the molecule is Cc1ccc2sc(-c3cc(F)c(F)c(O)c3F)nc2c1. The first kappa shape index (κ1) is 12.9. The van der Waals surface area contributed by atoms with Crippen molar-refractivity contribution in [2.75, 3.05) is 0 Å². The van der Waals surface area contributed by atoms with Crippen molar-refractivity contribution in [2.24, 2.45) is 0 Å². The predicted molar refractivity (Wildman–Crippen MR) is 71.3 cm³/mol. The molecule has 0 spiro atoms. The van der Waals surface area contributed by atoms with Gasteiger partial charge in [0.25, 0.3) is 0 Å². The third kappa shape index (κ3) is 1.92. The molecule has 2 nitrogen and oxygen atoms in total. The first-order valence-corrected chi connectivity index (χ1v) is 6.53. The number of nitrogens with zero attached hydrogens (tertiary/aromatic N) is 1. The number of thiazole rings is 1. The summed E-state index contributed by atoms with van der Waals surface area (Å²) in [4.78, 5) is 4.19. The Labute approximate surface area is 116 Å². The standard InChI is InChI=1S/C14H8F3NOS/c1-6-2-3-10-9(4-6)18-14(20-10)7-5-8(15)12(17)13(19)11(7)16/h2-5,19H,1H3. The van der Waals surface area contributed by atoms with Gasteiger partial charge in [0.15, 0.2) is 17.4 Å². The predicted octanol–water partition coefficient (Wildman–Crippen LogP) is 4.39. The minimum Gasteiger partial charge on any atom is -0.503 e. The fraction of sp³-hybridized carbons (Fsp3) is 0.0714. The monoisotopic (exact) mass is 295 g/mol. The lowest BCUT2D eigenvalue weighted by atomic mass is 10.2. The van der Waals surface area contributed by atoms with Crippen molar-refractivity contribution < 1.29 is 18.3 Å². The van der Waals surface area contributed by atoms with Gasteiger partial charge < -0.3 is 5.11 Å². The molecule has 0 saturated carbocycles. The Hall–Kier alpha value is -2.08. The molecule has 2 aromatic carbocycles. The average Bonchev–Trinajstić information content (AvgIpc) is 2.83. The van der Waals surface area contributed by atoms with Crippen LogP contribution < -0.4 is 0 Å². The maximum Gasteiger partial charge on any atom is 0.203 e. The average molecular weight is 295 g/mol. The summed E-state index contributed by atoms with van der Waals surface area (Å²) in [6, 6.07) is 6.22. The molecule has 0 saturated heterocycles. The molecular formula is C14H8F3NOS. The zero-order chi connectivity index (χ0) is 14.4. The molecule has 0 unspecified atom stereocenters. The van der Waals surface area contributed by atoms with Gasteiger partial charge in [0, 0.05) is 0 Å². The highest BCUT2D eigenvalue weighted by molar-refractivity contribution is 7.21. The lowest BCUT2D eigenvalue weighted by molar-refractivity contribution is 0.377. The Morgan fingerprint density at radius 1 is 1.10 bits per heavy atom. The third-order valence-corrected chi connectivity index (χ3v) is 3.98. The van der Waals surface area contributed by atoms with Crippen molar-refractivity contribution in [1.82, 2.24) is 4.98 Å². The van der Waals surface area contributed by atoms with Crippen molar-refractivity contribution in [2.45, 2.75) is 6.92 Å². The van der Waals surface area contributed by atoms with Crippen LogP contribution in [0, 0.1) is 24.4 Å². The van der Waals surface area contributed by atoms with Gasteiger partial charge in [-0.3, -0.25) is 0 Å². The van der Waals surface area contributed by atoms with Crippen LogP contribution in [0.15, 0.2) is 24.3 Å². The van der Waals surface area contributed by atoms with E-state index >= 15 is 0 Å². The Morgan fingerprint density at radius 3 is 2.60 bits per heavy atom. The molecule has 20 heavy (non-hydrogen) atoms. The summed E-state index contributed by atoms with van der Waals surface area (Å²) >= 11 is 1.15. The molecule has 102 valence electrons. The fourth-order valence-electron chi connectivity index (χ4n) is 1.90. The number of fused-ring (bicyclic) bond motifs is 1. The van der Waals surface area contributed by atoms with Gasteiger partial charge in [-0.05, 0) is 30.7 Å². The van der Waals surface area contributed by atoms with Crippen LogP contribution in [0.5, 0.6) is 5.75 Å². The lowest BCUT2D eigenvalue weighted by Crippen LogP contribution is -1.93. The van der Waals surface area contributed by atoms with E-state index in [1.165, 1.54) is 0 Å². The molecule has 3 rings (SSSR count). The second-order valence-corrected chi connectivity index (χ2v) is 5.40. The van der Waals surface area contributed by atoms with E-state index in [2.05, 4.69) is 4.98 Å². The number of phenolic OH excluding ortho intramolecular Hbond substituents is 1. The second kappa shape index (κ2) is 4.49. The third-order valence-electron chi connectivity index (χ3n) is 2.91. The Balaban J connectivity index is 2.25. The van der Waals surface area contributed by atoms with Crippen LogP contribution in [-0.4, -0.2) is 10.1 Å². The van der Waals surface area contributed by atoms with Crippen LogP contribution in [0.2, 0.25) is 0 Å². The Bertz CT molecular complexity index is 829. The van der Waals surface area contributed by atoms with Crippen LogP contribution in [0.1, 0.15) is 5.56 Å². The van der Waals surface area contributed by atoms with Crippen molar-refractivity contribution in [3.8, 4) is 16.3 Å². The fourth-order valence-corrected chi connectivity index (χ4v) is 2.85. The van der Waals surface area contributed by atoms with E-state index in [4.69, 9.17) is 0 Å². The summed E-state index contributed by atoms with van der Waals surface area (Å²) in [6.07, 6.45) is 0. The summed E-state index contributed by atoms with van der Waals surface area (Å²) in [5, 5.41) is 9.43. The number of halogens is 3. The van der Waals surface area contributed by atoms with Gasteiger partial charge >= 0.3 is 0 Å². The van der Waals surface area contributed by atoms with E-state index in [1.54, 1.807) is 0 Å². The van der Waals surface area contributed by atoms with Gasteiger partial charge in [-0.2, -0.15) is 4.39 Å². The Morgan fingerprint density at radius 2 is 1.85 bits per heavy atom. The van der Waals surface area contributed by atoms with Crippen molar-refractivity contribution in [1.29, 1.82) is 0 Å². The molecule has 0 fully saturated rings. The number of hydrogen-bond acceptors (Lipinski definition) is 3. The van der Waals surface area contributed by atoms with Gasteiger partial charge in [-0.15, -0.1) is 11.3 Å². The second-order valence-electron chi connectivity index (χ2n) is 4.37. The number of phenols is 1. The molecule has 0 aliphatic carbocycles. The van der Waals surface area contributed by atoms with E-state index in [0.29, 0.717) is 11.6 Å². The molecule has 0 bridgehead atoms. The van der Waals surface area contributed by atoms with Gasteiger partial charge in [-0.25, -0.2) is 13.8 Å². The van der Waals surface area contributed by atoms with Crippen LogP contribution >= 0.6 is 11.3 Å². The molecule has 1 heterocycles. The van der Waals surface area contributed by atoms with Crippen LogP contribution in [0.25, 0.3) is 20.8 Å². The van der Waals surface area contributed by atoms with E-state index in [9.17, 15) is 18.3 Å². The van der Waals surface area contributed by atoms with E-state index < -0.39 is 23.2 Å². The van der Waals surface area contributed by atoms with Crippen molar-refractivity contribution in [3.63, 3.8) is 0 Å². The van der Waals surface area contributed by atoms with E-state index in [0.717, 1.165) is 21.6 Å². The molecule has 3 aromatic rings. The summed E-state index contributed by atoms with van der Waals surface area (Å²) < 4.78 is 41.0. The largest absolute Gasteiger partial charge is 0.503 e. The van der Waals surface area contributed by atoms with Crippen LogP contribution in [0.4, 0.5) is 13.2 Å².